The molecule has 0 radical (unpaired) electrons. The third-order valence-electron chi connectivity index (χ3n) is 2.60. The van der Waals surface area contributed by atoms with Crippen LogP contribution in [0, 0.1) is 0 Å². The Balaban J connectivity index is 2.96. The maximum Gasteiger partial charge on any atom is 0.364 e. The van der Waals surface area contributed by atoms with Crippen LogP contribution >= 0.6 is 0 Å². The molecule has 4 unspecified atom stereocenters. The van der Waals surface area contributed by atoms with Gasteiger partial charge in [0.25, 0.3) is 5.79 Å². The second-order valence-electron chi connectivity index (χ2n) is 4.11. The number of amides is 1. The zero-order valence-electron chi connectivity index (χ0n) is 10.4. The first kappa shape index (κ1) is 15.3. The van der Waals surface area contributed by atoms with Gasteiger partial charge in [-0.25, -0.2) is 4.79 Å². The van der Waals surface area contributed by atoms with Gasteiger partial charge in [-0.05, 0) is 0 Å². The highest BCUT2D eigenvalue weighted by Gasteiger charge is 2.50. The molecule has 0 aromatic carbocycles. The van der Waals surface area contributed by atoms with E-state index in [1.165, 1.54) is 14.0 Å². The van der Waals surface area contributed by atoms with Crippen LogP contribution in [0.25, 0.3) is 0 Å². The number of carbonyl (C=O) groups is 2. The van der Waals surface area contributed by atoms with E-state index in [0.717, 1.165) is 6.21 Å². The van der Waals surface area contributed by atoms with Crippen LogP contribution in [0.15, 0.2) is 5.16 Å². The van der Waals surface area contributed by atoms with Gasteiger partial charge in [0.15, 0.2) is 0 Å². The Kier molecular flexibility index (Phi) is 4.81. The van der Waals surface area contributed by atoms with Crippen molar-refractivity contribution in [2.24, 2.45) is 5.16 Å². The van der Waals surface area contributed by atoms with Crippen molar-refractivity contribution in [3.63, 3.8) is 0 Å². The Morgan fingerprint density at radius 1 is 1.58 bits per heavy atom. The highest BCUT2D eigenvalue weighted by molar-refractivity contribution is 5.78. The molecular formula is C10H16N2O7. The van der Waals surface area contributed by atoms with E-state index < -0.39 is 42.3 Å². The molecule has 0 aliphatic carbocycles. The van der Waals surface area contributed by atoms with Crippen LogP contribution in [0.1, 0.15) is 13.3 Å². The molecule has 0 aromatic heterocycles. The molecule has 0 bridgehead atoms. The summed E-state index contributed by atoms with van der Waals surface area (Å²) < 4.78 is 4.97. The first-order chi connectivity index (χ1) is 8.80. The lowest BCUT2D eigenvalue weighted by atomic mass is 9.93. The van der Waals surface area contributed by atoms with Crippen LogP contribution in [0.3, 0.4) is 0 Å². The largest absolute Gasteiger partial charge is 0.477 e. The summed E-state index contributed by atoms with van der Waals surface area (Å²) in [5.41, 5.74) is 0. The second kappa shape index (κ2) is 5.95. The number of nitrogens with zero attached hydrogens (tertiary/aromatic N) is 1. The van der Waals surface area contributed by atoms with Crippen molar-refractivity contribution in [2.75, 3.05) is 7.11 Å². The molecule has 0 saturated carbocycles. The Bertz CT molecular complexity index is 386. The molecule has 1 heterocycles. The summed E-state index contributed by atoms with van der Waals surface area (Å²) >= 11 is 0. The molecule has 1 saturated heterocycles. The number of carbonyl (C=O) groups excluding carboxylic acids is 1. The van der Waals surface area contributed by atoms with E-state index in [2.05, 4.69) is 15.3 Å². The standard InChI is InChI=1S/C10H16N2O7/c1-5(13)12-8-6(14)3-10(17,9(15)16)19-7(8)4-11-18-2/h4,6-8,14,17H,3H2,1-2H3,(H,12,13)(H,15,16)/b11-4-. The SMILES string of the molecule is CO/N=C\C1OC(O)(C(=O)O)CC(O)C1NC(C)=O. The minimum atomic E-state index is -2.54. The zero-order valence-corrected chi connectivity index (χ0v) is 10.4. The maximum absolute atomic E-state index is 11.0. The van der Waals surface area contributed by atoms with Crippen molar-refractivity contribution in [2.45, 2.75) is 37.4 Å². The number of carboxylic acids is 1. The maximum atomic E-state index is 11.0. The van der Waals surface area contributed by atoms with E-state index in [-0.39, 0.29) is 0 Å². The Morgan fingerprint density at radius 3 is 2.68 bits per heavy atom. The van der Waals surface area contributed by atoms with Crippen molar-refractivity contribution in [1.29, 1.82) is 0 Å². The monoisotopic (exact) mass is 276 g/mol. The molecule has 0 spiro atoms. The van der Waals surface area contributed by atoms with Gasteiger partial charge in [-0.15, -0.1) is 0 Å². The molecular weight excluding hydrogens is 260 g/mol. The summed E-state index contributed by atoms with van der Waals surface area (Å²) in [5, 5.41) is 34.3. The van der Waals surface area contributed by atoms with Crippen LogP contribution in [0.2, 0.25) is 0 Å². The average Bonchev–Trinajstić information content (AvgIpc) is 2.30. The molecule has 1 amide bonds. The minimum Gasteiger partial charge on any atom is -0.477 e. The van der Waals surface area contributed by atoms with E-state index in [1.807, 2.05) is 0 Å². The normalized spacial score (nSPS) is 35.1. The summed E-state index contributed by atoms with van der Waals surface area (Å²) in [6.45, 7) is 1.23. The molecule has 1 rings (SSSR count). The molecule has 1 aliphatic heterocycles. The number of carboxylic acid groups (broad SMARTS) is 1. The third-order valence-corrected chi connectivity index (χ3v) is 2.60. The Labute approximate surface area is 108 Å². The molecule has 108 valence electrons. The fraction of sp³-hybridized carbons (Fsp3) is 0.700. The van der Waals surface area contributed by atoms with Crippen LogP contribution in [-0.2, 0) is 19.2 Å². The molecule has 4 N–H and O–H groups in total. The first-order valence-electron chi connectivity index (χ1n) is 5.45. The number of hydrogen-bond acceptors (Lipinski definition) is 7. The van der Waals surface area contributed by atoms with Crippen molar-refractivity contribution >= 4 is 18.1 Å². The number of hydrogen-bond donors (Lipinski definition) is 4. The number of nitrogens with one attached hydrogen (secondary N) is 1. The van der Waals surface area contributed by atoms with Gasteiger partial charge in [0.1, 0.15) is 13.2 Å². The number of oxime groups is 1. The summed E-state index contributed by atoms with van der Waals surface area (Å²) in [6.07, 6.45) is -1.98. The molecule has 19 heavy (non-hydrogen) atoms. The van der Waals surface area contributed by atoms with Crippen LogP contribution in [-0.4, -0.2) is 64.6 Å². The number of ether oxygens (including phenoxy) is 1. The lowest BCUT2D eigenvalue weighted by Crippen LogP contribution is -2.63. The third kappa shape index (κ3) is 3.63. The molecule has 9 heteroatoms. The highest BCUT2D eigenvalue weighted by atomic mass is 16.7. The van der Waals surface area contributed by atoms with E-state index in [4.69, 9.17) is 9.84 Å². The molecule has 4 atom stereocenters. The summed E-state index contributed by atoms with van der Waals surface area (Å²) in [6, 6.07) is -0.934. The summed E-state index contributed by atoms with van der Waals surface area (Å²) in [4.78, 5) is 26.4. The van der Waals surface area contributed by atoms with Gasteiger partial charge in [0, 0.05) is 13.3 Å². The van der Waals surface area contributed by atoms with Crippen molar-refractivity contribution in [1.82, 2.24) is 5.32 Å². The number of aliphatic hydroxyl groups excluding tert-OH is 1. The van der Waals surface area contributed by atoms with Gasteiger partial charge in [-0.3, -0.25) is 4.79 Å². The van der Waals surface area contributed by atoms with Crippen LogP contribution < -0.4 is 5.32 Å². The van der Waals surface area contributed by atoms with E-state index >= 15 is 0 Å². The lowest BCUT2D eigenvalue weighted by Gasteiger charge is -2.40. The van der Waals surface area contributed by atoms with Crippen molar-refractivity contribution in [3.05, 3.63) is 0 Å². The second-order valence-corrected chi connectivity index (χ2v) is 4.11. The van der Waals surface area contributed by atoms with Gasteiger partial charge >= 0.3 is 5.97 Å². The Hall–Kier alpha value is -1.71. The average molecular weight is 276 g/mol. The van der Waals surface area contributed by atoms with Gasteiger partial charge in [-0.2, -0.15) is 0 Å². The number of rotatable bonds is 4. The molecule has 1 aliphatic rings. The topological polar surface area (TPSA) is 138 Å². The van der Waals surface area contributed by atoms with Gasteiger partial charge in [-0.1, -0.05) is 5.16 Å². The highest BCUT2D eigenvalue weighted by Crippen LogP contribution is 2.27. The van der Waals surface area contributed by atoms with E-state index in [0.29, 0.717) is 0 Å². The molecule has 0 aromatic rings. The first-order valence-corrected chi connectivity index (χ1v) is 5.45. The zero-order chi connectivity index (χ0) is 14.6. The van der Waals surface area contributed by atoms with Crippen LogP contribution in [0.4, 0.5) is 0 Å². The van der Waals surface area contributed by atoms with Crippen molar-refractivity contribution < 1.29 is 34.5 Å². The molecule has 9 nitrogen and oxygen atoms in total. The van der Waals surface area contributed by atoms with Crippen LogP contribution in [0.5, 0.6) is 0 Å². The fourth-order valence-electron chi connectivity index (χ4n) is 1.77. The predicted molar refractivity (Wildman–Crippen MR) is 61.2 cm³/mol. The van der Waals surface area contributed by atoms with E-state index in [9.17, 15) is 19.8 Å². The predicted octanol–water partition coefficient (Wildman–Crippen LogP) is -1.95. The minimum absolute atomic E-state index is 0.441. The summed E-state index contributed by atoms with van der Waals surface area (Å²) in [5.74, 6) is -4.62. The number of aliphatic hydroxyl groups is 2. The smallest absolute Gasteiger partial charge is 0.364 e. The van der Waals surface area contributed by atoms with Gasteiger partial charge in [0.05, 0.1) is 18.4 Å². The van der Waals surface area contributed by atoms with E-state index in [1.54, 1.807) is 0 Å². The quantitative estimate of drug-likeness (QED) is 0.345. The molecule has 1 fully saturated rings. The lowest BCUT2D eigenvalue weighted by molar-refractivity contribution is -0.264. The fourth-order valence-corrected chi connectivity index (χ4v) is 1.77. The van der Waals surface area contributed by atoms with Gasteiger partial charge < -0.3 is 30.2 Å². The van der Waals surface area contributed by atoms with Gasteiger partial charge in [0.2, 0.25) is 5.91 Å². The Morgan fingerprint density at radius 2 is 2.21 bits per heavy atom. The summed E-state index contributed by atoms with van der Waals surface area (Å²) in [7, 11) is 1.26. The number of aliphatic carboxylic acids is 1. The van der Waals surface area contributed by atoms with Crippen molar-refractivity contribution in [3.8, 4) is 0 Å².